The summed E-state index contributed by atoms with van der Waals surface area (Å²) in [6.45, 7) is 2.21. The van der Waals surface area contributed by atoms with E-state index in [-0.39, 0.29) is 24.1 Å². The minimum atomic E-state index is -0.360. The highest BCUT2D eigenvalue weighted by atomic mass is 16.6. The Morgan fingerprint density at radius 1 is 1.47 bits per heavy atom. The first-order valence-electron chi connectivity index (χ1n) is 6.57. The topological polar surface area (TPSA) is 55.8 Å². The van der Waals surface area contributed by atoms with Crippen LogP contribution in [0.5, 0.6) is 0 Å². The van der Waals surface area contributed by atoms with E-state index in [1.54, 1.807) is 6.08 Å². The molecule has 1 saturated heterocycles. The van der Waals surface area contributed by atoms with E-state index in [2.05, 4.69) is 4.74 Å². The van der Waals surface area contributed by atoms with E-state index in [9.17, 15) is 9.59 Å². The highest BCUT2D eigenvalue weighted by Gasteiger charge is 2.39. The quantitative estimate of drug-likeness (QED) is 0.579. The first-order chi connectivity index (χ1) is 9.15. The second-order valence-electron chi connectivity index (χ2n) is 4.71. The fraction of sp³-hybridized carbons (Fsp3) is 0.571. The number of allylic oxidation sites excluding steroid dienone is 1. The van der Waals surface area contributed by atoms with Gasteiger partial charge in [0.1, 0.15) is 0 Å². The number of fused-ring (bicyclic) bond motifs is 2. The molecule has 0 unspecified atom stereocenters. The van der Waals surface area contributed by atoms with Gasteiger partial charge in [-0.15, -0.1) is 0 Å². The van der Waals surface area contributed by atoms with Crippen LogP contribution in [-0.2, 0) is 14.3 Å². The second kappa shape index (κ2) is 5.91. The molecule has 5 nitrogen and oxygen atoms in total. The third-order valence-electron chi connectivity index (χ3n) is 3.54. The van der Waals surface area contributed by atoms with Gasteiger partial charge in [-0.2, -0.15) is 0 Å². The Kier molecular flexibility index (Phi) is 4.24. The number of carbonyl (C=O) groups excluding carboxylic acids is 2. The number of esters is 1. The Labute approximate surface area is 112 Å². The summed E-state index contributed by atoms with van der Waals surface area (Å²) in [4.78, 5) is 24.7. The zero-order valence-corrected chi connectivity index (χ0v) is 11.3. The van der Waals surface area contributed by atoms with Gasteiger partial charge in [0.15, 0.2) is 0 Å². The van der Waals surface area contributed by atoms with Gasteiger partial charge in [0, 0.05) is 12.1 Å². The monoisotopic (exact) mass is 265 g/mol. The molecule has 0 spiro atoms. The van der Waals surface area contributed by atoms with Gasteiger partial charge in [-0.3, -0.25) is 4.90 Å². The smallest absolute Gasteiger partial charge is 0.410 e. The SMILES string of the molecule is CCOC(=O)N1[C@H]2CC[C@@H]1C=C(/C=C/C(=O)OC)C2. The molecule has 1 amide bonds. The molecule has 0 radical (unpaired) electrons. The molecule has 0 aromatic rings. The van der Waals surface area contributed by atoms with Gasteiger partial charge in [-0.25, -0.2) is 9.59 Å². The normalized spacial score (nSPS) is 25.4. The van der Waals surface area contributed by atoms with Crippen molar-refractivity contribution in [3.8, 4) is 0 Å². The number of methoxy groups -OCH3 is 1. The lowest BCUT2D eigenvalue weighted by Gasteiger charge is -2.32. The van der Waals surface area contributed by atoms with Crippen LogP contribution < -0.4 is 0 Å². The van der Waals surface area contributed by atoms with Crippen molar-refractivity contribution >= 4 is 12.1 Å². The number of hydrogen-bond acceptors (Lipinski definition) is 4. The Bertz CT molecular complexity index is 427. The van der Waals surface area contributed by atoms with Crippen molar-refractivity contribution in [2.24, 2.45) is 0 Å². The molecule has 0 N–H and O–H groups in total. The Hall–Kier alpha value is -1.78. The summed E-state index contributed by atoms with van der Waals surface area (Å²) in [5.41, 5.74) is 1.08. The van der Waals surface area contributed by atoms with Crippen LogP contribution in [-0.4, -0.2) is 42.8 Å². The standard InChI is InChI=1S/C14H19NO4/c1-3-19-14(17)15-11-5-6-12(15)9-10(8-11)4-7-13(16)18-2/h4,7-8,11-12H,3,5-6,9H2,1-2H3/b7-4+/t11-,12+/m1/s1. The average Bonchev–Trinajstić information content (AvgIpc) is 2.67. The van der Waals surface area contributed by atoms with Crippen molar-refractivity contribution in [3.63, 3.8) is 0 Å². The third-order valence-corrected chi connectivity index (χ3v) is 3.54. The number of hydrogen-bond donors (Lipinski definition) is 0. The summed E-state index contributed by atoms with van der Waals surface area (Å²) in [5.74, 6) is -0.360. The van der Waals surface area contributed by atoms with Crippen LogP contribution in [0.2, 0.25) is 0 Å². The van der Waals surface area contributed by atoms with E-state index in [0.29, 0.717) is 6.61 Å². The Morgan fingerprint density at radius 3 is 2.89 bits per heavy atom. The van der Waals surface area contributed by atoms with E-state index < -0.39 is 0 Å². The van der Waals surface area contributed by atoms with Crippen LogP contribution >= 0.6 is 0 Å². The van der Waals surface area contributed by atoms with Gasteiger partial charge in [0.05, 0.1) is 19.8 Å². The lowest BCUT2D eigenvalue weighted by Crippen LogP contribution is -2.43. The molecule has 0 aromatic heterocycles. The molecule has 2 aliphatic heterocycles. The maximum Gasteiger partial charge on any atom is 0.410 e. The molecule has 0 aromatic carbocycles. The van der Waals surface area contributed by atoms with Gasteiger partial charge in [-0.05, 0) is 31.8 Å². The zero-order valence-electron chi connectivity index (χ0n) is 11.3. The van der Waals surface area contributed by atoms with E-state index >= 15 is 0 Å². The van der Waals surface area contributed by atoms with Gasteiger partial charge >= 0.3 is 12.1 Å². The largest absolute Gasteiger partial charge is 0.466 e. The van der Waals surface area contributed by atoms with Crippen LogP contribution in [0.4, 0.5) is 4.79 Å². The van der Waals surface area contributed by atoms with Crippen LogP contribution in [0, 0.1) is 0 Å². The second-order valence-corrected chi connectivity index (χ2v) is 4.71. The molecule has 5 heteroatoms. The molecule has 2 atom stereocenters. The van der Waals surface area contributed by atoms with Gasteiger partial charge in [-0.1, -0.05) is 12.2 Å². The predicted molar refractivity (Wildman–Crippen MR) is 69.5 cm³/mol. The molecular formula is C14H19NO4. The molecule has 0 saturated carbocycles. The molecule has 0 aliphatic carbocycles. The maximum absolute atomic E-state index is 11.9. The van der Waals surface area contributed by atoms with Crippen molar-refractivity contribution < 1.29 is 19.1 Å². The summed E-state index contributed by atoms with van der Waals surface area (Å²) >= 11 is 0. The van der Waals surface area contributed by atoms with Crippen molar-refractivity contribution in [1.29, 1.82) is 0 Å². The summed E-state index contributed by atoms with van der Waals surface area (Å²) in [6, 6.07) is 0.279. The fourth-order valence-corrected chi connectivity index (χ4v) is 2.71. The highest BCUT2D eigenvalue weighted by molar-refractivity contribution is 5.82. The van der Waals surface area contributed by atoms with E-state index in [1.807, 2.05) is 17.9 Å². The summed E-state index contributed by atoms with van der Waals surface area (Å²) < 4.78 is 9.64. The van der Waals surface area contributed by atoms with Crippen LogP contribution in [0.25, 0.3) is 0 Å². The summed E-state index contributed by atoms with van der Waals surface area (Å²) in [6.07, 6.45) is 7.71. The molecule has 1 fully saturated rings. The van der Waals surface area contributed by atoms with Crippen molar-refractivity contribution in [2.75, 3.05) is 13.7 Å². The number of rotatable bonds is 3. The minimum Gasteiger partial charge on any atom is -0.466 e. The number of nitrogens with zero attached hydrogens (tertiary/aromatic N) is 1. The van der Waals surface area contributed by atoms with Crippen molar-refractivity contribution in [1.82, 2.24) is 4.90 Å². The van der Waals surface area contributed by atoms with Crippen molar-refractivity contribution in [3.05, 3.63) is 23.8 Å². The number of ether oxygens (including phenoxy) is 2. The molecule has 2 aliphatic rings. The Balaban J connectivity index is 2.06. The predicted octanol–water partition coefficient (Wildman–Crippen LogP) is 2.04. The summed E-state index contributed by atoms with van der Waals surface area (Å²) in [7, 11) is 1.36. The molecule has 2 heterocycles. The van der Waals surface area contributed by atoms with Gasteiger partial charge in [0.25, 0.3) is 0 Å². The van der Waals surface area contributed by atoms with Crippen LogP contribution in [0.15, 0.2) is 23.8 Å². The van der Waals surface area contributed by atoms with Crippen LogP contribution in [0.1, 0.15) is 26.2 Å². The molecule has 2 bridgehead atoms. The lowest BCUT2D eigenvalue weighted by molar-refractivity contribution is -0.134. The van der Waals surface area contributed by atoms with Crippen molar-refractivity contribution in [2.45, 2.75) is 38.3 Å². The van der Waals surface area contributed by atoms with Crippen LogP contribution in [0.3, 0.4) is 0 Å². The average molecular weight is 265 g/mol. The first-order valence-corrected chi connectivity index (χ1v) is 6.57. The summed E-state index contributed by atoms with van der Waals surface area (Å²) in [5, 5.41) is 0. The third kappa shape index (κ3) is 2.97. The highest BCUT2D eigenvalue weighted by Crippen LogP contribution is 2.35. The van der Waals surface area contributed by atoms with Gasteiger partial charge < -0.3 is 9.47 Å². The fourth-order valence-electron chi connectivity index (χ4n) is 2.71. The lowest BCUT2D eigenvalue weighted by atomic mass is 10.0. The molecule has 104 valence electrons. The number of carbonyl (C=O) groups is 2. The minimum absolute atomic E-state index is 0.0927. The molecule has 2 rings (SSSR count). The zero-order chi connectivity index (χ0) is 13.8. The molecule has 19 heavy (non-hydrogen) atoms. The van der Waals surface area contributed by atoms with Gasteiger partial charge in [0.2, 0.25) is 0 Å². The van der Waals surface area contributed by atoms with E-state index in [0.717, 1.165) is 24.8 Å². The maximum atomic E-state index is 11.9. The molecular weight excluding hydrogens is 246 g/mol. The van der Waals surface area contributed by atoms with E-state index in [4.69, 9.17) is 4.74 Å². The number of amides is 1. The Morgan fingerprint density at radius 2 is 2.26 bits per heavy atom. The van der Waals surface area contributed by atoms with E-state index in [1.165, 1.54) is 13.2 Å². The first kappa shape index (κ1) is 13.6.